The first-order chi connectivity index (χ1) is 12.1. The van der Waals surface area contributed by atoms with Gasteiger partial charge in [-0.1, -0.05) is 73.1 Å². The maximum Gasteiger partial charge on any atom is 0.228 e. The van der Waals surface area contributed by atoms with Gasteiger partial charge in [-0.15, -0.1) is 0 Å². The molecular formula is C18H26Cl3N3OS. The zero-order valence-corrected chi connectivity index (χ0v) is 18.4. The average Bonchev–Trinajstić information content (AvgIpc) is 2.53. The molecule has 0 bridgehead atoms. The van der Waals surface area contributed by atoms with Crippen LogP contribution < -0.4 is 16.0 Å². The molecule has 0 radical (unpaired) electrons. The highest BCUT2D eigenvalue weighted by molar-refractivity contribution is 7.80. The highest BCUT2D eigenvalue weighted by atomic mass is 35.6. The second-order valence-corrected chi connectivity index (χ2v) is 9.05. The van der Waals surface area contributed by atoms with E-state index < -0.39 is 9.96 Å². The van der Waals surface area contributed by atoms with Crippen LogP contribution in [0.3, 0.4) is 0 Å². The van der Waals surface area contributed by atoms with Gasteiger partial charge in [0.05, 0.1) is 0 Å². The molecule has 0 aromatic heterocycles. The summed E-state index contributed by atoms with van der Waals surface area (Å²) in [4.78, 5) is 12.1. The molecule has 0 aliphatic carbocycles. The van der Waals surface area contributed by atoms with Crippen molar-refractivity contribution in [2.24, 2.45) is 0 Å². The first-order valence-corrected chi connectivity index (χ1v) is 10.2. The number of unbranched alkanes of at least 4 members (excludes halogenated alkanes) is 3. The summed E-state index contributed by atoms with van der Waals surface area (Å²) in [5.41, 5.74) is 2.99. The Morgan fingerprint density at radius 2 is 1.85 bits per heavy atom. The maximum atomic E-state index is 12.1. The van der Waals surface area contributed by atoms with Crippen LogP contribution in [-0.4, -0.2) is 21.0 Å². The van der Waals surface area contributed by atoms with E-state index in [0.717, 1.165) is 42.5 Å². The van der Waals surface area contributed by atoms with Gasteiger partial charge in [0.2, 0.25) is 9.70 Å². The predicted molar refractivity (Wildman–Crippen MR) is 116 cm³/mol. The van der Waals surface area contributed by atoms with Crippen molar-refractivity contribution in [3.8, 4) is 0 Å². The van der Waals surface area contributed by atoms with Crippen molar-refractivity contribution >= 4 is 63.7 Å². The molecule has 1 aromatic rings. The lowest BCUT2D eigenvalue weighted by atomic mass is 10.1. The molecule has 0 heterocycles. The van der Waals surface area contributed by atoms with Crippen molar-refractivity contribution in [3.05, 3.63) is 29.3 Å². The Labute approximate surface area is 176 Å². The Morgan fingerprint density at radius 3 is 2.46 bits per heavy atom. The van der Waals surface area contributed by atoms with Gasteiger partial charge in [0, 0.05) is 12.1 Å². The van der Waals surface area contributed by atoms with Crippen LogP contribution in [0.4, 0.5) is 5.69 Å². The third-order valence-electron chi connectivity index (χ3n) is 3.81. The Hall–Kier alpha value is -0.750. The zero-order valence-electron chi connectivity index (χ0n) is 15.3. The van der Waals surface area contributed by atoms with Crippen LogP contribution in [0.25, 0.3) is 0 Å². The normalized spacial score (nSPS) is 12.4. The number of nitrogens with one attached hydrogen (secondary N) is 3. The van der Waals surface area contributed by atoms with Gasteiger partial charge < -0.3 is 16.0 Å². The number of benzene rings is 1. The lowest BCUT2D eigenvalue weighted by molar-refractivity contribution is -0.122. The molecule has 3 N–H and O–H groups in total. The lowest BCUT2D eigenvalue weighted by Crippen LogP contribution is -2.56. The minimum absolute atomic E-state index is 0.181. The fraction of sp³-hybridized carbons (Fsp3) is 0.556. The van der Waals surface area contributed by atoms with Crippen LogP contribution in [0.2, 0.25) is 0 Å². The molecule has 0 aliphatic heterocycles. The molecule has 0 spiro atoms. The number of halogens is 3. The molecule has 0 aliphatic rings. The number of carbonyl (C=O) groups excluding carboxylic acids is 1. The van der Waals surface area contributed by atoms with Gasteiger partial charge in [-0.25, -0.2) is 0 Å². The van der Waals surface area contributed by atoms with Gasteiger partial charge in [0.1, 0.15) is 6.17 Å². The monoisotopic (exact) mass is 437 g/mol. The van der Waals surface area contributed by atoms with Gasteiger partial charge in [-0.3, -0.25) is 4.79 Å². The van der Waals surface area contributed by atoms with Crippen molar-refractivity contribution in [1.82, 2.24) is 10.6 Å². The molecule has 1 atom stereocenters. The van der Waals surface area contributed by atoms with Crippen molar-refractivity contribution in [3.63, 3.8) is 0 Å². The number of anilines is 1. The second kappa shape index (κ2) is 11.2. The van der Waals surface area contributed by atoms with Gasteiger partial charge in [0.25, 0.3) is 0 Å². The van der Waals surface area contributed by atoms with Crippen LogP contribution >= 0.6 is 47.0 Å². The van der Waals surface area contributed by atoms with Gasteiger partial charge >= 0.3 is 0 Å². The maximum absolute atomic E-state index is 12.1. The molecule has 4 nitrogen and oxygen atoms in total. The smallest absolute Gasteiger partial charge is 0.228 e. The average molecular weight is 439 g/mol. The van der Waals surface area contributed by atoms with Crippen LogP contribution in [0, 0.1) is 13.8 Å². The van der Waals surface area contributed by atoms with Crippen LogP contribution in [0.15, 0.2) is 18.2 Å². The van der Waals surface area contributed by atoms with Gasteiger partial charge in [-0.05, 0) is 49.7 Å². The minimum Gasteiger partial charge on any atom is -0.339 e. The van der Waals surface area contributed by atoms with Crippen LogP contribution in [0.1, 0.15) is 50.2 Å². The largest absolute Gasteiger partial charge is 0.339 e. The van der Waals surface area contributed by atoms with Crippen molar-refractivity contribution in [2.75, 3.05) is 5.32 Å². The molecule has 0 unspecified atom stereocenters. The number of rotatable bonds is 8. The Kier molecular flexibility index (Phi) is 10.0. The highest BCUT2D eigenvalue weighted by Crippen LogP contribution is 2.29. The van der Waals surface area contributed by atoms with Crippen LogP contribution in [-0.2, 0) is 4.79 Å². The molecule has 0 fully saturated rings. The van der Waals surface area contributed by atoms with E-state index in [-0.39, 0.29) is 11.0 Å². The SMILES string of the molecule is CCCCCCC(=O)N[C@@H](NC(=S)Nc1cc(C)ccc1C)C(Cl)(Cl)Cl. The van der Waals surface area contributed by atoms with E-state index in [1.54, 1.807) is 0 Å². The number of aryl methyl sites for hydroxylation is 2. The topological polar surface area (TPSA) is 53.2 Å². The lowest BCUT2D eigenvalue weighted by Gasteiger charge is -2.28. The van der Waals surface area contributed by atoms with E-state index in [1.165, 1.54) is 0 Å². The quantitative estimate of drug-likeness (QED) is 0.221. The van der Waals surface area contributed by atoms with E-state index in [4.69, 9.17) is 47.0 Å². The highest BCUT2D eigenvalue weighted by Gasteiger charge is 2.34. The Balaban J connectivity index is 2.65. The number of hydrogen-bond donors (Lipinski definition) is 3. The molecule has 0 saturated carbocycles. The number of carbonyl (C=O) groups is 1. The standard InChI is InChI=1S/C18H26Cl3N3OS/c1-4-5-6-7-8-15(25)23-16(18(19,20)21)24-17(26)22-14-11-12(2)9-10-13(14)3/h9-11,16H,4-8H2,1-3H3,(H,23,25)(H2,22,24,26)/t16-/m0/s1. The van der Waals surface area contributed by atoms with Crippen molar-refractivity contribution in [1.29, 1.82) is 0 Å². The van der Waals surface area contributed by atoms with Gasteiger partial charge in [-0.2, -0.15) is 0 Å². The molecule has 0 saturated heterocycles. The summed E-state index contributed by atoms with van der Waals surface area (Å²) < 4.78 is -1.74. The first kappa shape index (κ1) is 23.3. The van der Waals surface area contributed by atoms with Crippen molar-refractivity contribution in [2.45, 2.75) is 62.8 Å². The second-order valence-electron chi connectivity index (χ2n) is 6.27. The summed E-state index contributed by atoms with van der Waals surface area (Å²) in [5, 5.41) is 8.93. The molecule has 1 aromatic carbocycles. The first-order valence-electron chi connectivity index (χ1n) is 8.64. The zero-order chi connectivity index (χ0) is 19.7. The van der Waals surface area contributed by atoms with E-state index in [0.29, 0.717) is 6.42 Å². The number of alkyl halides is 3. The van der Waals surface area contributed by atoms with E-state index in [9.17, 15) is 4.79 Å². The van der Waals surface area contributed by atoms with E-state index in [2.05, 4.69) is 22.9 Å². The molecule has 26 heavy (non-hydrogen) atoms. The fourth-order valence-electron chi connectivity index (χ4n) is 2.31. The van der Waals surface area contributed by atoms with E-state index in [1.807, 2.05) is 32.0 Å². The van der Waals surface area contributed by atoms with Crippen molar-refractivity contribution < 1.29 is 4.79 Å². The molecule has 8 heteroatoms. The number of amides is 1. The van der Waals surface area contributed by atoms with Gasteiger partial charge in [0.15, 0.2) is 5.11 Å². The predicted octanol–water partition coefficient (Wildman–Crippen LogP) is 5.37. The Morgan fingerprint density at radius 1 is 1.15 bits per heavy atom. The van der Waals surface area contributed by atoms with Crippen LogP contribution in [0.5, 0.6) is 0 Å². The molecule has 1 amide bonds. The third-order valence-corrected chi connectivity index (χ3v) is 4.68. The summed E-state index contributed by atoms with van der Waals surface area (Å²) in [6, 6.07) is 5.98. The summed E-state index contributed by atoms with van der Waals surface area (Å²) in [6.07, 6.45) is 3.47. The number of hydrogen-bond acceptors (Lipinski definition) is 2. The summed E-state index contributed by atoms with van der Waals surface area (Å²) in [5.74, 6) is -0.181. The third kappa shape index (κ3) is 8.76. The van der Waals surface area contributed by atoms with E-state index >= 15 is 0 Å². The number of thiocarbonyl (C=S) groups is 1. The summed E-state index contributed by atoms with van der Waals surface area (Å²) in [7, 11) is 0. The molecule has 146 valence electrons. The summed E-state index contributed by atoms with van der Waals surface area (Å²) in [6.45, 7) is 6.08. The molecule has 1 rings (SSSR count). The fourth-order valence-corrected chi connectivity index (χ4v) is 2.86. The summed E-state index contributed by atoms with van der Waals surface area (Å²) >= 11 is 23.3. The molecular weight excluding hydrogens is 413 g/mol. The minimum atomic E-state index is -1.74. The Bertz CT molecular complexity index is 620.